The molecule has 0 aliphatic carbocycles. The van der Waals surface area contributed by atoms with Gasteiger partial charge in [0, 0.05) is 23.8 Å². The smallest absolute Gasteiger partial charge is 0.247 e. The Labute approximate surface area is 164 Å². The molecule has 1 amide bonds. The fourth-order valence-corrected chi connectivity index (χ4v) is 4.52. The Morgan fingerprint density at radius 1 is 1.11 bits per heavy atom. The predicted molar refractivity (Wildman–Crippen MR) is 111 cm³/mol. The van der Waals surface area contributed by atoms with E-state index in [0.29, 0.717) is 17.7 Å². The summed E-state index contributed by atoms with van der Waals surface area (Å²) in [6.07, 6.45) is 4.52. The van der Waals surface area contributed by atoms with Crippen molar-refractivity contribution in [3.05, 3.63) is 66.4 Å². The summed E-state index contributed by atoms with van der Waals surface area (Å²) in [7, 11) is -3.67. The molecule has 0 N–H and O–H groups in total. The van der Waals surface area contributed by atoms with Crippen molar-refractivity contribution in [3.63, 3.8) is 0 Å². The lowest BCUT2D eigenvalue weighted by atomic mass is 10.0. The topological polar surface area (TPSA) is 70.6 Å². The lowest BCUT2D eigenvalue weighted by Gasteiger charge is -2.32. The minimum atomic E-state index is -3.67. The van der Waals surface area contributed by atoms with E-state index in [1.54, 1.807) is 29.3 Å². The van der Waals surface area contributed by atoms with Gasteiger partial charge >= 0.3 is 0 Å². The number of nitrogens with zero attached hydrogens (tertiary/aromatic N) is 3. The van der Waals surface area contributed by atoms with Crippen molar-refractivity contribution in [2.75, 3.05) is 28.6 Å². The molecule has 28 heavy (non-hydrogen) atoms. The third kappa shape index (κ3) is 3.45. The highest BCUT2D eigenvalue weighted by molar-refractivity contribution is 7.92. The summed E-state index contributed by atoms with van der Waals surface area (Å²) < 4.78 is 26.3. The second-order valence-electron chi connectivity index (χ2n) is 6.90. The van der Waals surface area contributed by atoms with Gasteiger partial charge in [0.05, 0.1) is 17.5 Å². The van der Waals surface area contributed by atoms with Crippen molar-refractivity contribution in [2.24, 2.45) is 0 Å². The van der Waals surface area contributed by atoms with Crippen LogP contribution in [0.3, 0.4) is 0 Å². The second-order valence-corrected chi connectivity index (χ2v) is 8.81. The molecule has 0 unspecified atom stereocenters. The molecule has 7 heteroatoms. The van der Waals surface area contributed by atoms with Gasteiger partial charge in [-0.1, -0.05) is 36.4 Å². The summed E-state index contributed by atoms with van der Waals surface area (Å²) in [5, 5.41) is 0.824. The molecular weight excluding hydrogens is 374 g/mol. The number of sulfonamides is 1. The van der Waals surface area contributed by atoms with Gasteiger partial charge in [-0.25, -0.2) is 8.42 Å². The van der Waals surface area contributed by atoms with Crippen LogP contribution in [0.4, 0.5) is 11.4 Å². The van der Waals surface area contributed by atoms with Crippen LogP contribution in [-0.4, -0.2) is 38.7 Å². The van der Waals surface area contributed by atoms with Gasteiger partial charge in [-0.2, -0.15) is 0 Å². The van der Waals surface area contributed by atoms with Gasteiger partial charge in [-0.15, -0.1) is 0 Å². The van der Waals surface area contributed by atoms with Crippen molar-refractivity contribution in [2.45, 2.75) is 12.8 Å². The number of carbonyl (C=O) groups excluding carboxylic acids is 1. The molecular formula is C21H21N3O3S. The van der Waals surface area contributed by atoms with Gasteiger partial charge in [0.15, 0.2) is 0 Å². The van der Waals surface area contributed by atoms with Crippen molar-refractivity contribution in [3.8, 4) is 0 Å². The maximum absolute atomic E-state index is 13.1. The van der Waals surface area contributed by atoms with Crippen LogP contribution in [0.25, 0.3) is 10.9 Å². The van der Waals surface area contributed by atoms with E-state index in [0.717, 1.165) is 40.0 Å². The number of hydrogen-bond donors (Lipinski definition) is 0. The first-order valence-corrected chi connectivity index (χ1v) is 11.0. The van der Waals surface area contributed by atoms with Crippen LogP contribution in [0.2, 0.25) is 0 Å². The Balaban J connectivity index is 1.72. The molecule has 0 fully saturated rings. The van der Waals surface area contributed by atoms with Gasteiger partial charge in [-0.05, 0) is 36.6 Å². The summed E-state index contributed by atoms with van der Waals surface area (Å²) in [5.41, 5.74) is 2.95. The molecule has 6 nitrogen and oxygen atoms in total. The van der Waals surface area contributed by atoms with E-state index in [-0.39, 0.29) is 12.5 Å². The number of rotatable bonds is 4. The Hall–Kier alpha value is -2.93. The Morgan fingerprint density at radius 2 is 1.89 bits per heavy atom. The Morgan fingerprint density at radius 3 is 2.71 bits per heavy atom. The number of aromatic nitrogens is 1. The Kier molecular flexibility index (Phi) is 4.77. The van der Waals surface area contributed by atoms with E-state index in [2.05, 4.69) is 4.98 Å². The molecule has 144 valence electrons. The van der Waals surface area contributed by atoms with Crippen LogP contribution >= 0.6 is 0 Å². The average molecular weight is 395 g/mol. The van der Waals surface area contributed by atoms with Gasteiger partial charge in [-0.3, -0.25) is 14.1 Å². The highest BCUT2D eigenvalue weighted by atomic mass is 32.2. The van der Waals surface area contributed by atoms with Gasteiger partial charge < -0.3 is 4.90 Å². The highest BCUT2D eigenvalue weighted by Crippen LogP contribution is 2.29. The van der Waals surface area contributed by atoms with E-state index in [1.165, 1.54) is 0 Å². The van der Waals surface area contributed by atoms with E-state index >= 15 is 0 Å². The van der Waals surface area contributed by atoms with Crippen LogP contribution in [-0.2, 0) is 21.2 Å². The molecule has 2 aromatic carbocycles. The van der Waals surface area contributed by atoms with Crippen molar-refractivity contribution in [1.82, 2.24) is 4.98 Å². The largest absolute Gasteiger partial charge is 0.311 e. The fraction of sp³-hybridized carbons (Fsp3) is 0.238. The first-order valence-electron chi connectivity index (χ1n) is 9.15. The van der Waals surface area contributed by atoms with E-state index < -0.39 is 10.0 Å². The van der Waals surface area contributed by atoms with Crippen molar-refractivity contribution in [1.29, 1.82) is 0 Å². The molecule has 0 radical (unpaired) electrons. The number of anilines is 2. The third-order valence-corrected chi connectivity index (χ3v) is 6.10. The third-order valence-electron chi connectivity index (χ3n) is 4.97. The molecule has 0 saturated heterocycles. The van der Waals surface area contributed by atoms with Gasteiger partial charge in [0.2, 0.25) is 15.9 Å². The molecule has 1 aromatic heterocycles. The maximum atomic E-state index is 13.1. The van der Waals surface area contributed by atoms with E-state index in [1.807, 2.05) is 36.4 Å². The molecule has 3 aromatic rings. The second kappa shape index (κ2) is 7.24. The summed E-state index contributed by atoms with van der Waals surface area (Å²) in [5.74, 6) is -0.245. The van der Waals surface area contributed by atoms with Gasteiger partial charge in [0.25, 0.3) is 0 Å². The number of aryl methyl sites for hydroxylation is 1. The monoisotopic (exact) mass is 395 g/mol. The number of pyridine rings is 1. The standard InChI is InChI=1S/C21H21N3O3S/c1-28(26,27)24(19-12-4-8-17-9-5-13-22-21(17)19)15-20(25)23-14-6-10-16-7-2-3-11-18(16)23/h2-5,7-9,11-13H,6,10,14-15H2,1H3. The van der Waals surface area contributed by atoms with E-state index in [4.69, 9.17) is 0 Å². The van der Waals surface area contributed by atoms with Crippen LogP contribution in [0.1, 0.15) is 12.0 Å². The van der Waals surface area contributed by atoms with Crippen LogP contribution in [0, 0.1) is 0 Å². The molecule has 0 saturated carbocycles. The molecule has 0 atom stereocenters. The SMILES string of the molecule is CS(=O)(=O)N(CC(=O)N1CCCc2ccccc21)c1cccc2cccnc12. The molecule has 0 bridgehead atoms. The first-order chi connectivity index (χ1) is 13.4. The van der Waals surface area contributed by atoms with Crippen molar-refractivity contribution >= 4 is 38.2 Å². The zero-order chi connectivity index (χ0) is 19.7. The number of para-hydroxylation sites is 2. The zero-order valence-electron chi connectivity index (χ0n) is 15.6. The number of hydrogen-bond acceptors (Lipinski definition) is 4. The summed E-state index contributed by atoms with van der Waals surface area (Å²) in [6, 6.07) is 16.8. The normalized spacial score (nSPS) is 14.0. The molecule has 1 aliphatic rings. The predicted octanol–water partition coefficient (Wildman–Crippen LogP) is 2.98. The summed E-state index contributed by atoms with van der Waals surface area (Å²) >= 11 is 0. The van der Waals surface area contributed by atoms with Crippen molar-refractivity contribution < 1.29 is 13.2 Å². The van der Waals surface area contributed by atoms with Crippen LogP contribution < -0.4 is 9.21 Å². The lowest BCUT2D eigenvalue weighted by molar-refractivity contribution is -0.117. The molecule has 2 heterocycles. The van der Waals surface area contributed by atoms with Crippen LogP contribution in [0.5, 0.6) is 0 Å². The number of amides is 1. The maximum Gasteiger partial charge on any atom is 0.247 e. The zero-order valence-corrected chi connectivity index (χ0v) is 16.4. The first kappa shape index (κ1) is 18.4. The van der Waals surface area contributed by atoms with Crippen LogP contribution in [0.15, 0.2) is 60.8 Å². The lowest BCUT2D eigenvalue weighted by Crippen LogP contribution is -2.44. The summed E-state index contributed by atoms with van der Waals surface area (Å²) in [6.45, 7) is 0.324. The highest BCUT2D eigenvalue weighted by Gasteiger charge is 2.28. The minimum absolute atomic E-state index is 0.245. The molecule has 1 aliphatic heterocycles. The van der Waals surface area contributed by atoms with Gasteiger partial charge in [0.1, 0.15) is 6.54 Å². The number of carbonyl (C=O) groups is 1. The quantitative estimate of drug-likeness (QED) is 0.681. The minimum Gasteiger partial charge on any atom is -0.311 e. The fourth-order valence-electron chi connectivity index (χ4n) is 3.67. The average Bonchev–Trinajstić information content (AvgIpc) is 2.70. The summed E-state index contributed by atoms with van der Waals surface area (Å²) in [4.78, 5) is 19.2. The molecule has 4 rings (SSSR count). The van der Waals surface area contributed by atoms with E-state index in [9.17, 15) is 13.2 Å². The number of fused-ring (bicyclic) bond motifs is 2. The molecule has 0 spiro atoms. The Bertz CT molecular complexity index is 1140. The number of benzene rings is 2.